The first kappa shape index (κ1) is 11.5. The van der Waals surface area contributed by atoms with Crippen LogP contribution in [-0.2, 0) is 6.54 Å². The molecule has 0 aromatic carbocycles. The Morgan fingerprint density at radius 1 is 1.37 bits per heavy atom. The van der Waals surface area contributed by atoms with Crippen molar-refractivity contribution in [2.24, 2.45) is 0 Å². The average molecular weight is 258 g/mol. The number of aromatic nitrogens is 6. The van der Waals surface area contributed by atoms with E-state index in [0.29, 0.717) is 11.5 Å². The van der Waals surface area contributed by atoms with Gasteiger partial charge < -0.3 is 11.1 Å². The largest absolute Gasteiger partial charge is 0.369 e. The van der Waals surface area contributed by atoms with Gasteiger partial charge in [-0.2, -0.15) is 20.2 Å². The summed E-state index contributed by atoms with van der Waals surface area (Å²) in [5.74, 6) is 0.933. The highest BCUT2D eigenvalue weighted by Crippen LogP contribution is 2.18. The number of nitrogens with one attached hydrogen (secondary N) is 2. The third-order valence-corrected chi connectivity index (χ3v) is 2.74. The van der Waals surface area contributed by atoms with E-state index in [-0.39, 0.29) is 5.95 Å². The van der Waals surface area contributed by atoms with Gasteiger partial charge in [0.05, 0.1) is 11.6 Å². The third kappa shape index (κ3) is 2.46. The minimum Gasteiger partial charge on any atom is -0.369 e. The van der Waals surface area contributed by atoms with Crippen LogP contribution in [0.5, 0.6) is 0 Å². The molecule has 0 spiro atoms. The van der Waals surface area contributed by atoms with Crippen LogP contribution in [-0.4, -0.2) is 36.5 Å². The van der Waals surface area contributed by atoms with Crippen LogP contribution in [0, 0.1) is 0 Å². The Kier molecular flexibility index (Phi) is 2.97. The van der Waals surface area contributed by atoms with Crippen molar-refractivity contribution in [3.8, 4) is 0 Å². The quantitative estimate of drug-likeness (QED) is 0.579. The summed E-state index contributed by atoms with van der Waals surface area (Å²) < 4.78 is 1.89. The van der Waals surface area contributed by atoms with Gasteiger partial charge in [-0.05, 0) is 12.5 Å². The molecular formula is C11H14N8. The number of fused-ring (bicyclic) bond motifs is 1. The molecule has 0 aliphatic carbocycles. The van der Waals surface area contributed by atoms with Crippen LogP contribution in [0.1, 0.15) is 6.42 Å². The van der Waals surface area contributed by atoms with E-state index < -0.39 is 0 Å². The molecule has 0 aliphatic heterocycles. The summed E-state index contributed by atoms with van der Waals surface area (Å²) >= 11 is 0. The molecule has 0 amide bonds. The van der Waals surface area contributed by atoms with Gasteiger partial charge in [-0.15, -0.1) is 0 Å². The molecule has 3 rings (SSSR count). The standard InChI is InChI=1S/C11H14N8/c12-11-16-9(8-7-14-18-10(8)17-11)13-3-1-5-19-6-2-4-15-19/h2,4,6-7H,1,3,5H2,(H4,12,13,14,16,17,18). The van der Waals surface area contributed by atoms with Crippen molar-refractivity contribution >= 4 is 22.8 Å². The number of H-pyrrole nitrogens is 1. The Hall–Kier alpha value is -2.64. The van der Waals surface area contributed by atoms with E-state index >= 15 is 0 Å². The second-order valence-electron chi connectivity index (χ2n) is 4.11. The molecule has 8 heteroatoms. The Bertz CT molecular complexity index is 656. The highest BCUT2D eigenvalue weighted by atomic mass is 15.3. The maximum atomic E-state index is 5.64. The van der Waals surface area contributed by atoms with Crippen LogP contribution in [0.2, 0.25) is 0 Å². The highest BCUT2D eigenvalue weighted by molar-refractivity contribution is 5.86. The molecule has 98 valence electrons. The van der Waals surface area contributed by atoms with Crippen LogP contribution in [0.3, 0.4) is 0 Å². The summed E-state index contributed by atoms with van der Waals surface area (Å²) in [5, 5.41) is 14.9. The molecule has 0 saturated heterocycles. The lowest BCUT2D eigenvalue weighted by Crippen LogP contribution is -2.09. The van der Waals surface area contributed by atoms with Gasteiger partial charge in [0.25, 0.3) is 0 Å². The van der Waals surface area contributed by atoms with Gasteiger partial charge in [0.15, 0.2) is 5.65 Å². The molecule has 3 aromatic heterocycles. The van der Waals surface area contributed by atoms with Crippen molar-refractivity contribution in [1.29, 1.82) is 0 Å². The molecule has 0 radical (unpaired) electrons. The molecule has 0 atom stereocenters. The number of nitrogens with zero attached hydrogens (tertiary/aromatic N) is 5. The molecule has 0 saturated carbocycles. The SMILES string of the molecule is Nc1nc(NCCCn2cccn2)c2cn[nH]c2n1. The number of rotatable bonds is 5. The van der Waals surface area contributed by atoms with E-state index in [1.165, 1.54) is 0 Å². The van der Waals surface area contributed by atoms with Gasteiger partial charge in [0.1, 0.15) is 5.82 Å². The third-order valence-electron chi connectivity index (χ3n) is 2.74. The predicted octanol–water partition coefficient (Wildman–Crippen LogP) is 0.634. The summed E-state index contributed by atoms with van der Waals surface area (Å²) in [6.07, 6.45) is 6.33. The van der Waals surface area contributed by atoms with Gasteiger partial charge in [0, 0.05) is 25.5 Å². The van der Waals surface area contributed by atoms with Crippen molar-refractivity contribution < 1.29 is 0 Å². The van der Waals surface area contributed by atoms with Crippen molar-refractivity contribution in [1.82, 2.24) is 29.9 Å². The van der Waals surface area contributed by atoms with E-state index in [0.717, 1.165) is 24.9 Å². The highest BCUT2D eigenvalue weighted by Gasteiger charge is 2.07. The number of aryl methyl sites for hydroxylation is 1. The van der Waals surface area contributed by atoms with Gasteiger partial charge in [-0.1, -0.05) is 0 Å². The van der Waals surface area contributed by atoms with E-state index in [2.05, 4.69) is 30.6 Å². The molecule has 3 heterocycles. The summed E-state index contributed by atoms with van der Waals surface area (Å²) in [4.78, 5) is 8.24. The minimum atomic E-state index is 0.228. The summed E-state index contributed by atoms with van der Waals surface area (Å²) in [7, 11) is 0. The molecule has 0 fully saturated rings. The van der Waals surface area contributed by atoms with Crippen molar-refractivity contribution in [2.45, 2.75) is 13.0 Å². The topological polar surface area (TPSA) is 110 Å². The lowest BCUT2D eigenvalue weighted by Gasteiger charge is -2.07. The molecule has 19 heavy (non-hydrogen) atoms. The van der Waals surface area contributed by atoms with Crippen LogP contribution >= 0.6 is 0 Å². The second kappa shape index (κ2) is 4.92. The number of nitrogens with two attached hydrogens (primary N) is 1. The number of aromatic amines is 1. The number of hydrogen-bond acceptors (Lipinski definition) is 6. The van der Waals surface area contributed by atoms with Crippen LogP contribution < -0.4 is 11.1 Å². The maximum absolute atomic E-state index is 5.64. The van der Waals surface area contributed by atoms with Crippen LogP contribution in [0.15, 0.2) is 24.7 Å². The van der Waals surface area contributed by atoms with Gasteiger partial charge in [0.2, 0.25) is 5.95 Å². The van der Waals surface area contributed by atoms with E-state index in [9.17, 15) is 0 Å². The molecule has 4 N–H and O–H groups in total. The van der Waals surface area contributed by atoms with Gasteiger partial charge >= 0.3 is 0 Å². The summed E-state index contributed by atoms with van der Waals surface area (Å²) in [6.45, 7) is 1.63. The average Bonchev–Trinajstić information content (AvgIpc) is 3.04. The van der Waals surface area contributed by atoms with E-state index in [4.69, 9.17) is 5.73 Å². The maximum Gasteiger partial charge on any atom is 0.224 e. The van der Waals surface area contributed by atoms with Gasteiger partial charge in [-0.25, -0.2) is 0 Å². The van der Waals surface area contributed by atoms with Gasteiger partial charge in [-0.3, -0.25) is 9.78 Å². The molecule has 3 aromatic rings. The predicted molar refractivity (Wildman–Crippen MR) is 71.4 cm³/mol. The fourth-order valence-electron chi connectivity index (χ4n) is 1.87. The summed E-state index contributed by atoms with van der Waals surface area (Å²) in [5.41, 5.74) is 6.28. The number of hydrogen-bond donors (Lipinski definition) is 3. The number of nitrogen functional groups attached to an aromatic ring is 1. The second-order valence-corrected chi connectivity index (χ2v) is 4.11. The van der Waals surface area contributed by atoms with Crippen molar-refractivity contribution in [2.75, 3.05) is 17.6 Å². The molecule has 0 aliphatic rings. The Morgan fingerprint density at radius 3 is 3.16 bits per heavy atom. The first-order valence-electron chi connectivity index (χ1n) is 6.01. The molecule has 0 bridgehead atoms. The van der Waals surface area contributed by atoms with Crippen LogP contribution in [0.4, 0.5) is 11.8 Å². The summed E-state index contributed by atoms with van der Waals surface area (Å²) in [6, 6.07) is 1.91. The Labute approximate surface area is 109 Å². The van der Waals surface area contributed by atoms with E-state index in [1.54, 1.807) is 12.4 Å². The number of anilines is 2. The first-order chi connectivity index (χ1) is 9.33. The zero-order valence-electron chi connectivity index (χ0n) is 10.2. The monoisotopic (exact) mass is 258 g/mol. The fourth-order valence-corrected chi connectivity index (χ4v) is 1.87. The first-order valence-corrected chi connectivity index (χ1v) is 6.01. The Morgan fingerprint density at radius 2 is 2.32 bits per heavy atom. The molecule has 8 nitrogen and oxygen atoms in total. The van der Waals surface area contributed by atoms with Crippen molar-refractivity contribution in [3.63, 3.8) is 0 Å². The molecule has 0 unspecified atom stereocenters. The lowest BCUT2D eigenvalue weighted by molar-refractivity contribution is 0.591. The Balaban J connectivity index is 1.63. The minimum absolute atomic E-state index is 0.228. The zero-order valence-corrected chi connectivity index (χ0v) is 10.2. The van der Waals surface area contributed by atoms with E-state index in [1.807, 2.05) is 16.9 Å². The van der Waals surface area contributed by atoms with Crippen LogP contribution in [0.25, 0.3) is 11.0 Å². The fraction of sp³-hybridized carbons (Fsp3) is 0.273. The normalized spacial score (nSPS) is 10.9. The van der Waals surface area contributed by atoms with Crippen molar-refractivity contribution in [3.05, 3.63) is 24.7 Å². The smallest absolute Gasteiger partial charge is 0.224 e. The zero-order chi connectivity index (χ0) is 13.1. The lowest BCUT2D eigenvalue weighted by atomic mass is 10.3. The molecular weight excluding hydrogens is 244 g/mol.